The van der Waals surface area contributed by atoms with E-state index in [0.29, 0.717) is 58.0 Å². The normalized spacial score (nSPS) is 10.9. The number of carbonyl (C=O) groups is 10. The lowest BCUT2D eigenvalue weighted by Gasteiger charge is -2.33. The first kappa shape index (κ1) is 86.8. The predicted molar refractivity (Wildman–Crippen MR) is 422 cm³/mol. The summed E-state index contributed by atoms with van der Waals surface area (Å²) in [6.45, 7) is -0.846. The summed E-state index contributed by atoms with van der Waals surface area (Å²) < 4.78 is 0. The molecule has 6 aromatic carbocycles. The molecule has 6 aromatic rings. The van der Waals surface area contributed by atoms with E-state index < -0.39 is 92.4 Å². The van der Waals surface area contributed by atoms with Crippen molar-refractivity contribution in [2.24, 2.45) is 22.9 Å². The quantitative estimate of drug-likeness (QED) is 0.0314. The molecule has 0 unspecified atom stereocenters. The summed E-state index contributed by atoms with van der Waals surface area (Å²) in [6.07, 6.45) is 10.3. The van der Waals surface area contributed by atoms with Gasteiger partial charge in [0.2, 0.25) is 59.1 Å². The summed E-state index contributed by atoms with van der Waals surface area (Å²) in [5, 5.41) is 3.03. The summed E-state index contributed by atoms with van der Waals surface area (Å²) in [5.41, 5.74) is 29.2. The zero-order valence-electron chi connectivity index (χ0n) is 63.4. The van der Waals surface area contributed by atoms with Gasteiger partial charge in [0, 0.05) is 85.1 Å². The fourth-order valence-electron chi connectivity index (χ4n) is 12.5. The number of benzene rings is 6. The van der Waals surface area contributed by atoms with Crippen molar-refractivity contribution in [3.05, 3.63) is 215 Å². The molecule has 24 nitrogen and oxygen atoms in total. The van der Waals surface area contributed by atoms with Crippen molar-refractivity contribution in [3.8, 4) is 0 Å². The minimum absolute atomic E-state index is 0.00900. The highest BCUT2D eigenvalue weighted by Crippen LogP contribution is 2.15. The van der Waals surface area contributed by atoms with Crippen LogP contribution in [0.25, 0.3) is 0 Å². The number of hydrogen-bond acceptors (Lipinski definition) is 14. The predicted octanol–water partition coefficient (Wildman–Crippen LogP) is 4.99. The van der Waals surface area contributed by atoms with Crippen molar-refractivity contribution in [3.63, 3.8) is 0 Å². The summed E-state index contributed by atoms with van der Waals surface area (Å²) in [4.78, 5) is 158. The van der Waals surface area contributed by atoms with E-state index in [0.717, 1.165) is 65.5 Å². The summed E-state index contributed by atoms with van der Waals surface area (Å²) in [6, 6.07) is 56.7. The van der Waals surface area contributed by atoms with Gasteiger partial charge in [-0.2, -0.15) is 0 Å². The molecule has 0 aromatic heterocycles. The van der Waals surface area contributed by atoms with Crippen molar-refractivity contribution < 1.29 is 47.9 Å². The van der Waals surface area contributed by atoms with Crippen molar-refractivity contribution in [2.45, 2.75) is 96.8 Å². The molecule has 0 bridgehead atoms. The van der Waals surface area contributed by atoms with Crippen LogP contribution in [0.4, 0.5) is 0 Å². The Bertz CT molecular complexity index is 3640. The number of primary amides is 1. The third-order valence-corrected chi connectivity index (χ3v) is 18.9. The molecular formula is C84H116N14O10. The molecule has 9 N–H and O–H groups in total. The molecule has 0 saturated carbocycles. The van der Waals surface area contributed by atoms with Crippen LogP contribution in [-0.4, -0.2) is 254 Å². The van der Waals surface area contributed by atoms with Gasteiger partial charge in [0.15, 0.2) is 0 Å². The molecule has 0 spiro atoms. The van der Waals surface area contributed by atoms with Crippen LogP contribution in [0.15, 0.2) is 182 Å². The summed E-state index contributed by atoms with van der Waals surface area (Å²) in [7, 11) is 0. The topological polar surface area (TPSA) is 316 Å². The van der Waals surface area contributed by atoms with E-state index in [4.69, 9.17) is 22.9 Å². The molecule has 0 radical (unpaired) electrons. The van der Waals surface area contributed by atoms with Crippen LogP contribution in [0.3, 0.4) is 0 Å². The third kappa shape index (κ3) is 33.3. The molecule has 0 aliphatic rings. The first-order valence-electron chi connectivity index (χ1n) is 38.3. The Balaban J connectivity index is 1.25. The highest BCUT2D eigenvalue weighted by atomic mass is 16.2. The zero-order chi connectivity index (χ0) is 77.5. The Morgan fingerprint density at radius 1 is 0.259 bits per heavy atom. The third-order valence-electron chi connectivity index (χ3n) is 18.9. The van der Waals surface area contributed by atoms with Gasteiger partial charge in [-0.1, -0.05) is 234 Å². The van der Waals surface area contributed by atoms with Crippen LogP contribution >= 0.6 is 0 Å². The molecule has 582 valence electrons. The van der Waals surface area contributed by atoms with Gasteiger partial charge in [0.05, 0.1) is 65.4 Å². The van der Waals surface area contributed by atoms with Gasteiger partial charge < -0.3 is 72.4 Å². The number of nitrogens with two attached hydrogens (primary N) is 4. The van der Waals surface area contributed by atoms with Crippen LogP contribution < -0.4 is 28.3 Å². The fourth-order valence-corrected chi connectivity index (χ4v) is 12.5. The molecule has 0 atom stereocenters. The molecule has 0 saturated heterocycles. The van der Waals surface area contributed by atoms with Gasteiger partial charge in [0.1, 0.15) is 0 Å². The Morgan fingerprint density at radius 2 is 0.472 bits per heavy atom. The van der Waals surface area contributed by atoms with E-state index >= 15 is 19.2 Å². The molecule has 0 heterocycles. The van der Waals surface area contributed by atoms with Crippen LogP contribution in [0.1, 0.15) is 91.7 Å². The first-order valence-corrected chi connectivity index (χ1v) is 38.3. The molecule has 0 fully saturated rings. The lowest BCUT2D eigenvalue weighted by molar-refractivity contribution is -0.148. The Morgan fingerprint density at radius 3 is 0.694 bits per heavy atom. The van der Waals surface area contributed by atoms with E-state index in [1.54, 1.807) is 0 Å². The standard InChI is InChI=1S/C84H116N14O10/c1-2-3-4-5-6-7-8-27-50-90(60-75(88)99)77(101)62-92(52-41-70-30-17-10-18-31-70)79(103)63-93(53-42-71-32-19-11-20-33-71)81(105)68-98(58-48-87)84(108)66-96(56-45-74-38-25-14-26-39-74)80(104)64-94(54-43-72-34-21-12-22-35-72)82(106)67-97(57-47-86)83(107)65-95(55-44-73-36-23-13-24-37-73)78(102)61-91(76(100)59-89-49-46-85)51-40-69-28-15-9-16-29-69/h9-26,28-39,89H,2-8,27,40-68,85-87H2,1H3,(H2,88,99). The Kier molecular flexibility index (Phi) is 40.5. The van der Waals surface area contributed by atoms with E-state index in [9.17, 15) is 28.8 Å². The van der Waals surface area contributed by atoms with Gasteiger partial charge in [-0.25, -0.2) is 0 Å². The van der Waals surface area contributed by atoms with Crippen molar-refractivity contribution in [2.75, 3.05) is 151 Å². The number of carbonyl (C=O) groups excluding carboxylic acids is 10. The molecule has 108 heavy (non-hydrogen) atoms. The highest BCUT2D eigenvalue weighted by molar-refractivity contribution is 5.94. The lowest BCUT2D eigenvalue weighted by atomic mass is 10.1. The molecule has 6 rings (SSSR count). The van der Waals surface area contributed by atoms with Gasteiger partial charge in [0.25, 0.3) is 0 Å². The molecule has 0 aliphatic carbocycles. The number of nitrogens with zero attached hydrogens (tertiary/aromatic N) is 9. The maximum atomic E-state index is 15.3. The smallest absolute Gasteiger partial charge is 0.242 e. The maximum Gasteiger partial charge on any atom is 0.242 e. The number of rotatable bonds is 53. The van der Waals surface area contributed by atoms with E-state index in [2.05, 4.69) is 12.2 Å². The van der Waals surface area contributed by atoms with Crippen LogP contribution in [-0.2, 0) is 86.5 Å². The largest absolute Gasteiger partial charge is 0.368 e. The van der Waals surface area contributed by atoms with E-state index in [-0.39, 0.29) is 104 Å². The van der Waals surface area contributed by atoms with Crippen molar-refractivity contribution in [1.29, 1.82) is 0 Å². The lowest BCUT2D eigenvalue weighted by Crippen LogP contribution is -2.54. The van der Waals surface area contributed by atoms with Crippen LogP contribution in [0.2, 0.25) is 0 Å². The number of unbranched alkanes of at least 4 members (excludes halogenated alkanes) is 7. The van der Waals surface area contributed by atoms with E-state index in [1.165, 1.54) is 56.9 Å². The number of amides is 10. The molecule has 24 heteroatoms. The van der Waals surface area contributed by atoms with Gasteiger partial charge in [-0.3, -0.25) is 47.9 Å². The van der Waals surface area contributed by atoms with Crippen molar-refractivity contribution >= 4 is 59.1 Å². The molecular weight excluding hydrogens is 1370 g/mol. The maximum absolute atomic E-state index is 15.3. The SMILES string of the molecule is CCCCCCCCCCN(CC(N)=O)C(=O)CN(CCc1ccccc1)C(=O)CN(CCc1ccccc1)C(=O)CN(CCN)C(=O)CN(CCc1ccccc1)C(=O)CN(CCc1ccccc1)C(=O)CN(CCN)C(=O)CN(CCc1ccccc1)C(=O)CN(CCc1ccccc1)C(=O)CNCCN. The number of nitrogens with one attached hydrogen (secondary N) is 1. The second-order valence-electron chi connectivity index (χ2n) is 27.2. The summed E-state index contributed by atoms with van der Waals surface area (Å²) in [5.74, 6) is -5.51. The highest BCUT2D eigenvalue weighted by Gasteiger charge is 2.32. The zero-order valence-corrected chi connectivity index (χ0v) is 63.4. The molecule has 0 aliphatic heterocycles. The van der Waals surface area contributed by atoms with Crippen molar-refractivity contribution in [1.82, 2.24) is 49.4 Å². The van der Waals surface area contributed by atoms with Gasteiger partial charge >= 0.3 is 0 Å². The minimum atomic E-state index is -0.681. The van der Waals surface area contributed by atoms with Gasteiger partial charge in [-0.05, 0) is 78.3 Å². The van der Waals surface area contributed by atoms with Crippen LogP contribution in [0.5, 0.6) is 0 Å². The fraction of sp³-hybridized carbons (Fsp3) is 0.452. The first-order chi connectivity index (χ1) is 52.5. The second kappa shape index (κ2) is 50.4. The Hall–Kier alpha value is -10.1. The minimum Gasteiger partial charge on any atom is -0.368 e. The average Bonchev–Trinajstić information content (AvgIpc) is 0.857. The monoisotopic (exact) mass is 1480 g/mol. The molecule has 10 amide bonds. The van der Waals surface area contributed by atoms with E-state index in [1.807, 2.05) is 182 Å². The second-order valence-corrected chi connectivity index (χ2v) is 27.2. The Labute approximate surface area is 639 Å². The van der Waals surface area contributed by atoms with Crippen LogP contribution in [0, 0.1) is 0 Å². The average molecular weight is 1480 g/mol. The summed E-state index contributed by atoms with van der Waals surface area (Å²) >= 11 is 0. The number of hydrogen-bond donors (Lipinski definition) is 5. The van der Waals surface area contributed by atoms with Gasteiger partial charge in [-0.15, -0.1) is 0 Å².